The minimum absolute atomic E-state index is 0.0752. The summed E-state index contributed by atoms with van der Waals surface area (Å²) in [6, 6.07) is -0.895. The highest BCUT2D eigenvalue weighted by Crippen LogP contribution is 2.31. The van der Waals surface area contributed by atoms with Gasteiger partial charge in [0, 0.05) is 11.9 Å². The third-order valence-corrected chi connectivity index (χ3v) is 6.40. The van der Waals surface area contributed by atoms with Gasteiger partial charge in [-0.2, -0.15) is 0 Å². The number of carbonyl (C=O) groups is 2. The number of carbonyl (C=O) groups excluding carboxylic acids is 2. The van der Waals surface area contributed by atoms with E-state index in [9.17, 15) is 14.4 Å². The molecule has 0 aromatic carbocycles. The largest absolute Gasteiger partial charge is 0.351 e. The lowest BCUT2D eigenvalue weighted by Crippen LogP contribution is -2.42. The normalized spacial score (nSPS) is 12.6. The molecule has 3 amide bonds. The number of fused-ring (bicyclic) bond motifs is 1. The van der Waals surface area contributed by atoms with Gasteiger partial charge in [-0.25, -0.2) is 9.78 Å². The molecule has 24 heavy (non-hydrogen) atoms. The Morgan fingerprint density at radius 3 is 2.50 bits per heavy atom. The standard InChI is InChI=1S/C15H20N4O3S2/c1-6(2)10(11(20)17-14(16)22)24-15-18-12-9(13(21)19(15)5)7(3)8(4)23-12/h6,10H,1-5H3,(H3,16,17,20,22). The van der Waals surface area contributed by atoms with Crippen molar-refractivity contribution in [2.75, 3.05) is 0 Å². The third kappa shape index (κ3) is 3.46. The number of imide groups is 1. The van der Waals surface area contributed by atoms with Crippen LogP contribution in [0.5, 0.6) is 0 Å². The summed E-state index contributed by atoms with van der Waals surface area (Å²) in [5.74, 6) is -0.566. The van der Waals surface area contributed by atoms with Crippen LogP contribution >= 0.6 is 23.1 Å². The van der Waals surface area contributed by atoms with Crippen LogP contribution in [0.2, 0.25) is 0 Å². The van der Waals surface area contributed by atoms with E-state index < -0.39 is 17.2 Å². The molecule has 0 aliphatic carbocycles. The van der Waals surface area contributed by atoms with E-state index in [-0.39, 0.29) is 11.5 Å². The van der Waals surface area contributed by atoms with Gasteiger partial charge in [0.1, 0.15) is 4.83 Å². The molecule has 2 heterocycles. The Morgan fingerprint density at radius 2 is 1.96 bits per heavy atom. The predicted molar refractivity (Wildman–Crippen MR) is 96.5 cm³/mol. The van der Waals surface area contributed by atoms with Crippen molar-refractivity contribution >= 4 is 45.3 Å². The third-order valence-electron chi connectivity index (χ3n) is 3.71. The first kappa shape index (κ1) is 18.5. The second-order valence-corrected chi connectivity index (χ2v) is 8.17. The van der Waals surface area contributed by atoms with Gasteiger partial charge in [0.2, 0.25) is 5.91 Å². The summed E-state index contributed by atoms with van der Waals surface area (Å²) in [7, 11) is 1.63. The van der Waals surface area contributed by atoms with E-state index >= 15 is 0 Å². The lowest BCUT2D eigenvalue weighted by atomic mass is 10.1. The number of nitrogens with zero attached hydrogens (tertiary/aromatic N) is 2. The van der Waals surface area contributed by atoms with Gasteiger partial charge in [0.05, 0.1) is 10.6 Å². The number of urea groups is 1. The minimum Gasteiger partial charge on any atom is -0.351 e. The van der Waals surface area contributed by atoms with E-state index in [0.717, 1.165) is 22.2 Å². The predicted octanol–water partition coefficient (Wildman–Crippen LogP) is 1.92. The molecule has 1 atom stereocenters. The van der Waals surface area contributed by atoms with Crippen LogP contribution in [0.4, 0.5) is 4.79 Å². The van der Waals surface area contributed by atoms with Gasteiger partial charge in [-0.15, -0.1) is 11.3 Å². The van der Waals surface area contributed by atoms with Gasteiger partial charge in [-0.05, 0) is 25.3 Å². The molecular weight excluding hydrogens is 348 g/mol. The van der Waals surface area contributed by atoms with Crippen LogP contribution in [0.1, 0.15) is 24.3 Å². The summed E-state index contributed by atoms with van der Waals surface area (Å²) in [5, 5.41) is 2.56. The maximum absolute atomic E-state index is 12.6. The number of hydrogen-bond donors (Lipinski definition) is 2. The highest BCUT2D eigenvalue weighted by Gasteiger charge is 2.27. The van der Waals surface area contributed by atoms with Crippen LogP contribution in [-0.4, -0.2) is 26.7 Å². The molecule has 0 fully saturated rings. The number of amides is 3. The second kappa shape index (κ2) is 6.94. The summed E-state index contributed by atoms with van der Waals surface area (Å²) in [5.41, 5.74) is 5.82. The van der Waals surface area contributed by atoms with Gasteiger partial charge in [0.15, 0.2) is 5.16 Å². The Bertz CT molecular complexity index is 870. The van der Waals surface area contributed by atoms with Gasteiger partial charge < -0.3 is 5.73 Å². The maximum atomic E-state index is 12.6. The number of nitrogens with one attached hydrogen (secondary N) is 1. The number of hydrogen-bond acceptors (Lipinski definition) is 6. The summed E-state index contributed by atoms with van der Waals surface area (Å²) in [6.07, 6.45) is 0. The minimum atomic E-state index is -0.895. The number of aryl methyl sites for hydroxylation is 2. The number of thiophene rings is 1. The fourth-order valence-electron chi connectivity index (χ4n) is 2.26. The highest BCUT2D eigenvalue weighted by atomic mass is 32.2. The molecule has 9 heteroatoms. The van der Waals surface area contributed by atoms with Crippen molar-refractivity contribution in [3.63, 3.8) is 0 Å². The van der Waals surface area contributed by atoms with Gasteiger partial charge in [0.25, 0.3) is 5.56 Å². The van der Waals surface area contributed by atoms with E-state index in [4.69, 9.17) is 5.73 Å². The van der Waals surface area contributed by atoms with Crippen molar-refractivity contribution in [1.29, 1.82) is 0 Å². The maximum Gasteiger partial charge on any atom is 0.318 e. The van der Waals surface area contributed by atoms with E-state index in [0.29, 0.717) is 15.4 Å². The highest BCUT2D eigenvalue weighted by molar-refractivity contribution is 8.00. The van der Waals surface area contributed by atoms with Crippen molar-refractivity contribution in [2.24, 2.45) is 18.7 Å². The molecule has 0 saturated carbocycles. The van der Waals surface area contributed by atoms with Crippen molar-refractivity contribution < 1.29 is 9.59 Å². The topological polar surface area (TPSA) is 107 Å². The van der Waals surface area contributed by atoms with Crippen molar-refractivity contribution in [3.8, 4) is 0 Å². The molecule has 3 N–H and O–H groups in total. The first-order valence-corrected chi connectivity index (χ1v) is 9.06. The summed E-state index contributed by atoms with van der Waals surface area (Å²) < 4.78 is 1.44. The SMILES string of the molecule is Cc1sc2nc(SC(C(=O)NC(N)=O)C(C)C)n(C)c(=O)c2c1C. The quantitative estimate of drug-likeness (QED) is 0.633. The van der Waals surface area contributed by atoms with Crippen LogP contribution in [0.3, 0.4) is 0 Å². The molecule has 2 aromatic rings. The monoisotopic (exact) mass is 368 g/mol. The number of rotatable bonds is 4. The van der Waals surface area contributed by atoms with Crippen LogP contribution in [-0.2, 0) is 11.8 Å². The molecule has 0 radical (unpaired) electrons. The summed E-state index contributed by atoms with van der Waals surface area (Å²) in [6.45, 7) is 7.56. The molecule has 0 aliphatic rings. The molecule has 1 unspecified atom stereocenters. The van der Waals surface area contributed by atoms with Gasteiger partial charge in [-0.3, -0.25) is 19.5 Å². The Balaban J connectivity index is 2.48. The zero-order chi connectivity index (χ0) is 18.2. The molecular formula is C15H20N4O3S2. The smallest absolute Gasteiger partial charge is 0.318 e. The Hall–Kier alpha value is -1.87. The first-order chi connectivity index (χ1) is 11.1. The van der Waals surface area contributed by atoms with E-state index in [1.165, 1.54) is 15.9 Å². The molecule has 0 bridgehead atoms. The van der Waals surface area contributed by atoms with Gasteiger partial charge in [-0.1, -0.05) is 25.6 Å². The zero-order valence-electron chi connectivity index (χ0n) is 14.2. The first-order valence-electron chi connectivity index (χ1n) is 7.37. The van der Waals surface area contributed by atoms with Crippen LogP contribution in [0, 0.1) is 19.8 Å². The molecule has 0 saturated heterocycles. The Labute approximate surface area is 147 Å². The fourth-order valence-corrected chi connectivity index (χ4v) is 4.39. The lowest BCUT2D eigenvalue weighted by molar-refractivity contribution is -0.120. The van der Waals surface area contributed by atoms with E-state index in [2.05, 4.69) is 10.3 Å². The second-order valence-electron chi connectivity index (χ2n) is 5.86. The summed E-state index contributed by atoms with van der Waals surface area (Å²) in [4.78, 5) is 42.0. The molecule has 0 aliphatic heterocycles. The van der Waals surface area contributed by atoms with Crippen LogP contribution in [0.25, 0.3) is 10.2 Å². The molecule has 2 rings (SSSR count). The van der Waals surface area contributed by atoms with Crippen molar-refractivity contribution in [2.45, 2.75) is 38.1 Å². The lowest BCUT2D eigenvalue weighted by Gasteiger charge is -2.19. The fraction of sp³-hybridized carbons (Fsp3) is 0.467. The number of thioether (sulfide) groups is 1. The number of nitrogens with two attached hydrogens (primary N) is 1. The molecule has 2 aromatic heterocycles. The number of aromatic nitrogens is 2. The van der Waals surface area contributed by atoms with Crippen LogP contribution in [0.15, 0.2) is 9.95 Å². The number of primary amides is 1. The average molecular weight is 368 g/mol. The molecule has 130 valence electrons. The van der Waals surface area contributed by atoms with E-state index in [1.807, 2.05) is 27.7 Å². The van der Waals surface area contributed by atoms with Crippen LogP contribution < -0.4 is 16.6 Å². The van der Waals surface area contributed by atoms with E-state index in [1.54, 1.807) is 7.05 Å². The Kier molecular flexibility index (Phi) is 5.34. The van der Waals surface area contributed by atoms with Gasteiger partial charge >= 0.3 is 6.03 Å². The Morgan fingerprint density at radius 1 is 1.33 bits per heavy atom. The average Bonchev–Trinajstić information content (AvgIpc) is 2.75. The molecule has 0 spiro atoms. The summed E-state index contributed by atoms with van der Waals surface area (Å²) >= 11 is 2.61. The van der Waals surface area contributed by atoms with Crippen molar-refractivity contribution in [3.05, 3.63) is 20.8 Å². The van der Waals surface area contributed by atoms with Crippen molar-refractivity contribution in [1.82, 2.24) is 14.9 Å². The zero-order valence-corrected chi connectivity index (χ0v) is 15.8. The molecule has 7 nitrogen and oxygen atoms in total.